The molecular weight excluding hydrogens is 304 g/mol. The lowest BCUT2D eigenvalue weighted by Gasteiger charge is -2.38. The predicted octanol–water partition coefficient (Wildman–Crippen LogP) is 3.92. The van der Waals surface area contributed by atoms with Crippen molar-refractivity contribution in [2.75, 3.05) is 6.54 Å². The highest BCUT2D eigenvalue weighted by molar-refractivity contribution is 7.10. The highest BCUT2D eigenvalue weighted by Crippen LogP contribution is 2.36. The Bertz CT molecular complexity index is 667. The first kappa shape index (κ1) is 16.2. The quantitative estimate of drug-likeness (QED) is 0.924. The lowest BCUT2D eigenvalue weighted by atomic mass is 9.91. The smallest absolute Gasteiger partial charge is 0.227 e. The van der Waals surface area contributed by atoms with Crippen LogP contribution in [-0.4, -0.2) is 17.4 Å². The lowest BCUT2D eigenvalue weighted by molar-refractivity contribution is -0.138. The van der Waals surface area contributed by atoms with Gasteiger partial charge in [0.2, 0.25) is 5.91 Å². The van der Waals surface area contributed by atoms with Crippen LogP contribution in [-0.2, 0) is 11.2 Å². The van der Waals surface area contributed by atoms with Gasteiger partial charge in [0.25, 0.3) is 0 Å². The van der Waals surface area contributed by atoms with Crippen LogP contribution in [0.25, 0.3) is 0 Å². The fourth-order valence-electron chi connectivity index (χ4n) is 3.48. The summed E-state index contributed by atoms with van der Waals surface area (Å²) in [6, 6.07) is 12.0. The second-order valence-electron chi connectivity index (χ2n) is 6.23. The van der Waals surface area contributed by atoms with Crippen LogP contribution >= 0.6 is 11.3 Å². The number of carbonyl (C=O) groups excluding carboxylic acids is 1. The molecule has 1 aromatic heterocycles. The van der Waals surface area contributed by atoms with Gasteiger partial charge in [-0.2, -0.15) is 0 Å². The summed E-state index contributed by atoms with van der Waals surface area (Å²) in [5.74, 6) is -0.0447. The first-order chi connectivity index (χ1) is 11.1. The molecule has 3 rings (SSSR count). The largest absolute Gasteiger partial charge is 0.335 e. The predicted molar refractivity (Wildman–Crippen MR) is 95.3 cm³/mol. The van der Waals surface area contributed by atoms with Gasteiger partial charge in [0, 0.05) is 17.5 Å². The number of carbonyl (C=O) groups is 1. The summed E-state index contributed by atoms with van der Waals surface area (Å²) in [5.41, 5.74) is 8.72. The van der Waals surface area contributed by atoms with Crippen molar-refractivity contribution < 1.29 is 4.79 Å². The summed E-state index contributed by atoms with van der Waals surface area (Å²) >= 11 is 1.81. The van der Waals surface area contributed by atoms with Gasteiger partial charge in [0.05, 0.1) is 12.0 Å². The Morgan fingerprint density at radius 2 is 2.09 bits per heavy atom. The number of amides is 1. The van der Waals surface area contributed by atoms with Crippen molar-refractivity contribution >= 4 is 17.2 Å². The average Bonchev–Trinajstić information content (AvgIpc) is 3.08. The SMILES string of the molecule is CCC1c2ccsc2CCN1C(=O)C(C)C(N)c1ccccc1. The van der Waals surface area contributed by atoms with Gasteiger partial charge >= 0.3 is 0 Å². The van der Waals surface area contributed by atoms with Crippen molar-refractivity contribution in [1.29, 1.82) is 0 Å². The molecule has 2 aromatic rings. The zero-order chi connectivity index (χ0) is 16.4. The van der Waals surface area contributed by atoms with Crippen LogP contribution in [0.3, 0.4) is 0 Å². The fourth-order valence-corrected chi connectivity index (χ4v) is 4.41. The molecule has 2 N–H and O–H groups in total. The van der Waals surface area contributed by atoms with Crippen molar-refractivity contribution in [3.63, 3.8) is 0 Å². The van der Waals surface area contributed by atoms with Crippen molar-refractivity contribution in [1.82, 2.24) is 4.90 Å². The summed E-state index contributed by atoms with van der Waals surface area (Å²) < 4.78 is 0. The van der Waals surface area contributed by atoms with Crippen molar-refractivity contribution in [2.24, 2.45) is 11.7 Å². The first-order valence-corrected chi connectivity index (χ1v) is 9.18. The molecule has 3 nitrogen and oxygen atoms in total. The van der Waals surface area contributed by atoms with E-state index in [-0.39, 0.29) is 23.9 Å². The minimum atomic E-state index is -0.259. The van der Waals surface area contributed by atoms with Gasteiger partial charge in [0.15, 0.2) is 0 Å². The molecule has 1 aromatic carbocycles. The van der Waals surface area contributed by atoms with Crippen LogP contribution in [0.4, 0.5) is 0 Å². The topological polar surface area (TPSA) is 46.3 Å². The Morgan fingerprint density at radius 1 is 1.35 bits per heavy atom. The minimum absolute atomic E-state index is 0.171. The number of hydrogen-bond acceptors (Lipinski definition) is 3. The van der Waals surface area contributed by atoms with E-state index in [4.69, 9.17) is 5.73 Å². The normalized spacial score (nSPS) is 20.0. The lowest BCUT2D eigenvalue weighted by Crippen LogP contribution is -2.44. The Hall–Kier alpha value is -1.65. The summed E-state index contributed by atoms with van der Waals surface area (Å²) in [5, 5.41) is 2.14. The number of rotatable bonds is 4. The molecule has 3 unspecified atom stereocenters. The highest BCUT2D eigenvalue weighted by atomic mass is 32.1. The molecule has 4 heteroatoms. The Morgan fingerprint density at radius 3 is 2.78 bits per heavy atom. The molecule has 2 heterocycles. The molecule has 122 valence electrons. The van der Waals surface area contributed by atoms with E-state index in [0.29, 0.717) is 0 Å². The summed E-state index contributed by atoms with van der Waals surface area (Å²) in [6.45, 7) is 4.91. The second-order valence-corrected chi connectivity index (χ2v) is 7.23. The molecule has 0 radical (unpaired) electrons. The Kier molecular flexibility index (Phi) is 4.83. The van der Waals surface area contributed by atoms with E-state index >= 15 is 0 Å². The van der Waals surface area contributed by atoms with E-state index in [1.165, 1.54) is 10.4 Å². The van der Waals surface area contributed by atoms with Gasteiger partial charge in [-0.15, -0.1) is 11.3 Å². The maximum Gasteiger partial charge on any atom is 0.227 e. The number of hydrogen-bond donors (Lipinski definition) is 1. The van der Waals surface area contributed by atoms with Gasteiger partial charge in [-0.25, -0.2) is 0 Å². The van der Waals surface area contributed by atoms with Crippen LogP contribution in [0.5, 0.6) is 0 Å². The van der Waals surface area contributed by atoms with E-state index in [1.807, 2.05) is 53.5 Å². The minimum Gasteiger partial charge on any atom is -0.335 e. The van der Waals surface area contributed by atoms with Crippen LogP contribution in [0, 0.1) is 5.92 Å². The van der Waals surface area contributed by atoms with E-state index < -0.39 is 0 Å². The zero-order valence-corrected chi connectivity index (χ0v) is 14.6. The molecule has 0 spiro atoms. The number of fused-ring (bicyclic) bond motifs is 1. The Balaban J connectivity index is 1.80. The highest BCUT2D eigenvalue weighted by Gasteiger charge is 2.34. The number of nitrogens with zero attached hydrogens (tertiary/aromatic N) is 1. The van der Waals surface area contributed by atoms with E-state index in [0.717, 1.165) is 24.9 Å². The third-order valence-electron chi connectivity index (χ3n) is 4.88. The van der Waals surface area contributed by atoms with Crippen LogP contribution < -0.4 is 5.73 Å². The third kappa shape index (κ3) is 3.06. The summed E-state index contributed by atoms with van der Waals surface area (Å²) in [6.07, 6.45) is 1.91. The van der Waals surface area contributed by atoms with Gasteiger partial charge < -0.3 is 10.6 Å². The second kappa shape index (κ2) is 6.85. The molecule has 3 atom stereocenters. The molecule has 0 saturated heterocycles. The molecule has 0 bridgehead atoms. The third-order valence-corrected chi connectivity index (χ3v) is 5.87. The maximum absolute atomic E-state index is 13.1. The average molecular weight is 328 g/mol. The standard InChI is InChI=1S/C19H24N2OS/c1-3-16-15-10-12-23-17(15)9-11-21(16)19(22)13(2)18(20)14-7-5-4-6-8-14/h4-8,10,12-13,16,18H,3,9,11,20H2,1-2H3. The molecule has 0 aliphatic carbocycles. The molecule has 1 aliphatic heterocycles. The van der Waals surface area contributed by atoms with Crippen molar-refractivity contribution in [3.8, 4) is 0 Å². The van der Waals surface area contributed by atoms with Gasteiger partial charge in [-0.05, 0) is 35.4 Å². The summed E-state index contributed by atoms with van der Waals surface area (Å²) in [7, 11) is 0. The van der Waals surface area contributed by atoms with Crippen LogP contribution in [0.2, 0.25) is 0 Å². The van der Waals surface area contributed by atoms with Gasteiger partial charge in [0.1, 0.15) is 0 Å². The van der Waals surface area contributed by atoms with Gasteiger partial charge in [-0.3, -0.25) is 4.79 Å². The Labute approximate surface area is 142 Å². The maximum atomic E-state index is 13.1. The van der Waals surface area contributed by atoms with Crippen molar-refractivity contribution in [2.45, 2.75) is 38.8 Å². The van der Waals surface area contributed by atoms with E-state index in [2.05, 4.69) is 18.4 Å². The number of thiophene rings is 1. The van der Waals surface area contributed by atoms with Crippen LogP contribution in [0.15, 0.2) is 41.8 Å². The monoisotopic (exact) mass is 328 g/mol. The zero-order valence-electron chi connectivity index (χ0n) is 13.7. The first-order valence-electron chi connectivity index (χ1n) is 8.30. The van der Waals surface area contributed by atoms with Crippen LogP contribution in [0.1, 0.15) is 48.4 Å². The van der Waals surface area contributed by atoms with Gasteiger partial charge in [-0.1, -0.05) is 44.2 Å². The molecule has 1 aliphatic rings. The fraction of sp³-hybridized carbons (Fsp3) is 0.421. The number of nitrogens with two attached hydrogens (primary N) is 1. The molecule has 0 fully saturated rings. The van der Waals surface area contributed by atoms with E-state index in [9.17, 15) is 4.79 Å². The summed E-state index contributed by atoms with van der Waals surface area (Å²) in [4.78, 5) is 16.5. The van der Waals surface area contributed by atoms with Crippen molar-refractivity contribution in [3.05, 3.63) is 57.8 Å². The number of benzene rings is 1. The molecule has 23 heavy (non-hydrogen) atoms. The van der Waals surface area contributed by atoms with E-state index in [1.54, 1.807) is 0 Å². The molecule has 1 amide bonds. The molecule has 0 saturated carbocycles. The molecular formula is C19H24N2OS.